The van der Waals surface area contributed by atoms with Crippen molar-refractivity contribution in [3.05, 3.63) is 442 Å². The van der Waals surface area contributed by atoms with Crippen LogP contribution in [-0.2, 0) is 0 Å². The zero-order valence-corrected chi connectivity index (χ0v) is 69.6. The molecule has 0 saturated carbocycles. The first-order chi connectivity index (χ1) is 63.4. The SMILES string of the molecule is C1=C(c2ccc3c(c2)c2cc(-c4cccc5c4ccc4c5c5cc(-c6ccc7c(c6)c6cc8ccccc8cc6n7-c6ccccc6)ccc5n4-c4ccc5cc(-c6cc7c8c(cccc8c6)-c6ccccc6-7)ccc5c4)ccc2n3-c2ccccc2)C=C2c3cc4ccccc4cc3N(c3ccc4cc(-c5cc6c7c(cccc7c5)-c5ccccc5-6)ccc4c3)C2C1. The molecule has 0 spiro atoms. The van der Waals surface area contributed by atoms with Crippen LogP contribution in [0.1, 0.15) is 17.5 Å². The minimum atomic E-state index is 0.107. The smallest absolute Gasteiger partial charge is 0.0633 e. The normalized spacial score (nSPS) is 13.8. The van der Waals surface area contributed by atoms with Gasteiger partial charge in [0.15, 0.2) is 0 Å². The van der Waals surface area contributed by atoms with E-state index in [2.05, 4.69) is 449 Å². The third-order valence-electron chi connectivity index (χ3n) is 29.0. The van der Waals surface area contributed by atoms with E-state index in [1.165, 1.54) is 252 Å². The average Bonchev–Trinajstić information content (AvgIpc) is 1.56. The summed E-state index contributed by atoms with van der Waals surface area (Å²) >= 11 is 0. The largest absolute Gasteiger partial charge is 0.333 e. The summed E-state index contributed by atoms with van der Waals surface area (Å²) in [5, 5.41) is 24.8. The molecule has 1 atom stereocenters. The second-order valence-electron chi connectivity index (χ2n) is 35.7. The Labute approximate surface area is 737 Å². The fraction of sp³-hybridized carbons (Fsp3) is 0.0161. The van der Waals surface area contributed by atoms with Crippen molar-refractivity contribution in [3.63, 3.8) is 0 Å². The summed E-state index contributed by atoms with van der Waals surface area (Å²) in [6, 6.07) is 159. The standard InChI is InChI=1S/C124H74N4/c1-3-24-92(25-4-1)125-114-50-42-83(84-44-52-117-107(65-84)110-63-74-19-8-10-21-76(74)72-121(110)128(117)95-48-41-78-57-80(37-39-82(78)61-95)91-59-89-23-16-34-103-98-29-12-14-31-100(98)112(70-91)123(89)103)64-105(114)108-68-87(46-54-115(108)125)96-32-17-35-104-101(96)49-55-119-124(104)113-67-86(85-43-51-116-106(66-85)109-62-73-18-7-9-20-75(73)71-120(109)126(116)93-26-5-2-6-27-93)45-53-118(113)127(119)94-47-40-77-56-79(36-38-81(77)60-94)90-58-88-22-15-33-102-97-28-11-13-30-99(97)111(69-90)122(88)102/h1-51,53-72,117H,52H2. The minimum Gasteiger partial charge on any atom is -0.333 e. The fourth-order valence-electron chi connectivity index (χ4n) is 23.2. The maximum Gasteiger partial charge on any atom is 0.0633 e. The lowest BCUT2D eigenvalue weighted by Crippen LogP contribution is -2.27. The number of rotatable bonds is 9. The Bertz CT molecular complexity index is 9370. The van der Waals surface area contributed by atoms with E-state index in [4.69, 9.17) is 0 Å². The average molecular weight is 1620 g/mol. The molecule has 0 saturated heterocycles. The highest BCUT2D eigenvalue weighted by Crippen LogP contribution is 2.55. The summed E-state index contributed by atoms with van der Waals surface area (Å²) in [7, 11) is 0. The van der Waals surface area contributed by atoms with E-state index in [1.54, 1.807) is 0 Å². The summed E-state index contributed by atoms with van der Waals surface area (Å²) in [4.78, 5) is 2.63. The summed E-state index contributed by atoms with van der Waals surface area (Å²) < 4.78 is 7.43. The Hall–Kier alpha value is -16.7. The van der Waals surface area contributed by atoms with Crippen LogP contribution in [0.5, 0.6) is 0 Å². The zero-order valence-electron chi connectivity index (χ0n) is 69.6. The highest BCUT2D eigenvalue weighted by molar-refractivity contribution is 6.26. The third kappa shape index (κ3) is 10.2. The molecule has 4 aliphatic rings. The number of fused-ring (bicyclic) bond motifs is 24. The lowest BCUT2D eigenvalue weighted by atomic mass is 9.88. The lowest BCUT2D eigenvalue weighted by Gasteiger charge is -2.30. The molecule has 4 heterocycles. The molecular formula is C124H74N4. The second kappa shape index (κ2) is 26.4. The maximum atomic E-state index is 2.63. The Balaban J connectivity index is 0.560. The highest BCUT2D eigenvalue weighted by atomic mass is 15.2. The van der Waals surface area contributed by atoms with Gasteiger partial charge in [0.25, 0.3) is 0 Å². The van der Waals surface area contributed by atoms with Crippen LogP contribution in [0.4, 0.5) is 11.4 Å². The molecule has 0 amide bonds. The minimum absolute atomic E-state index is 0.107. The van der Waals surface area contributed by atoms with Crippen molar-refractivity contribution < 1.29 is 0 Å². The van der Waals surface area contributed by atoms with Crippen LogP contribution in [0.15, 0.2) is 431 Å². The van der Waals surface area contributed by atoms with Gasteiger partial charge in [-0.1, -0.05) is 261 Å². The number of benzene rings is 22. The number of nitrogens with zero attached hydrogens (tertiary/aromatic N) is 4. The molecule has 1 unspecified atom stereocenters. The molecule has 4 nitrogen and oxygen atoms in total. The number of hydrogen-bond donors (Lipinski definition) is 0. The van der Waals surface area contributed by atoms with Gasteiger partial charge in [-0.05, 0) is 357 Å². The van der Waals surface area contributed by atoms with Crippen molar-refractivity contribution in [1.82, 2.24) is 13.7 Å². The van der Waals surface area contributed by atoms with E-state index in [0.29, 0.717) is 0 Å². The molecule has 22 aromatic carbocycles. The topological polar surface area (TPSA) is 18.0 Å². The van der Waals surface area contributed by atoms with Gasteiger partial charge in [0.05, 0.1) is 39.1 Å². The molecule has 0 bridgehead atoms. The Morgan fingerprint density at radius 2 is 0.594 bits per heavy atom. The molecule has 0 fully saturated rings. The molecule has 25 aromatic rings. The molecule has 29 rings (SSSR count). The number of allylic oxidation sites excluding steroid dienone is 2. The van der Waals surface area contributed by atoms with E-state index in [9.17, 15) is 0 Å². The Kier molecular flexibility index (Phi) is 14.4. The van der Waals surface area contributed by atoms with Gasteiger partial charge in [0.1, 0.15) is 0 Å². The first-order valence-electron chi connectivity index (χ1n) is 44.7. The van der Waals surface area contributed by atoms with Gasteiger partial charge in [0.2, 0.25) is 0 Å². The van der Waals surface area contributed by atoms with Gasteiger partial charge >= 0.3 is 0 Å². The van der Waals surface area contributed by atoms with Crippen molar-refractivity contribution in [2.45, 2.75) is 12.5 Å². The third-order valence-corrected chi connectivity index (χ3v) is 29.0. The van der Waals surface area contributed by atoms with Gasteiger partial charge in [-0.15, -0.1) is 0 Å². The summed E-state index contributed by atoms with van der Waals surface area (Å²) in [6.07, 6.45) is 5.87. The van der Waals surface area contributed by atoms with E-state index in [-0.39, 0.29) is 6.04 Å². The van der Waals surface area contributed by atoms with Crippen LogP contribution in [0.25, 0.3) is 258 Å². The fourth-order valence-corrected chi connectivity index (χ4v) is 23.2. The summed E-state index contributed by atoms with van der Waals surface area (Å²) in [5.74, 6) is 0. The lowest BCUT2D eigenvalue weighted by molar-refractivity contribution is 0.832. The van der Waals surface area contributed by atoms with E-state index < -0.39 is 0 Å². The summed E-state index contributed by atoms with van der Waals surface area (Å²) in [6.45, 7) is 0. The molecule has 3 aliphatic carbocycles. The van der Waals surface area contributed by atoms with E-state index in [0.717, 1.165) is 34.5 Å². The molecule has 590 valence electrons. The van der Waals surface area contributed by atoms with Crippen LogP contribution >= 0.6 is 0 Å². The van der Waals surface area contributed by atoms with Crippen LogP contribution in [0.2, 0.25) is 0 Å². The molecule has 128 heavy (non-hydrogen) atoms. The second-order valence-corrected chi connectivity index (χ2v) is 35.7. The Morgan fingerprint density at radius 3 is 1.22 bits per heavy atom. The van der Waals surface area contributed by atoms with Crippen molar-refractivity contribution in [3.8, 4) is 106 Å². The predicted molar refractivity (Wildman–Crippen MR) is 542 cm³/mol. The van der Waals surface area contributed by atoms with E-state index in [1.807, 2.05) is 0 Å². The number of para-hydroxylation sites is 2. The molecule has 1 aliphatic heterocycles. The van der Waals surface area contributed by atoms with Gasteiger partial charge in [-0.2, -0.15) is 0 Å². The number of hydrogen-bond acceptors (Lipinski definition) is 1. The Morgan fingerprint density at radius 1 is 0.188 bits per heavy atom. The van der Waals surface area contributed by atoms with Crippen molar-refractivity contribution in [2.24, 2.45) is 0 Å². The molecule has 0 N–H and O–H groups in total. The zero-order chi connectivity index (χ0) is 83.2. The highest BCUT2D eigenvalue weighted by Gasteiger charge is 2.38. The van der Waals surface area contributed by atoms with Gasteiger partial charge in [0, 0.05) is 66.3 Å². The van der Waals surface area contributed by atoms with Crippen LogP contribution < -0.4 is 4.90 Å². The van der Waals surface area contributed by atoms with E-state index >= 15 is 0 Å². The van der Waals surface area contributed by atoms with Crippen LogP contribution in [-0.4, -0.2) is 19.7 Å². The van der Waals surface area contributed by atoms with Crippen LogP contribution in [0.3, 0.4) is 0 Å². The molecule has 4 heteroatoms. The predicted octanol–water partition coefficient (Wildman–Crippen LogP) is 33.4. The van der Waals surface area contributed by atoms with Gasteiger partial charge in [-0.25, -0.2) is 0 Å². The molecule has 3 aromatic heterocycles. The first kappa shape index (κ1) is 69.8. The molecule has 0 radical (unpaired) electrons. The van der Waals surface area contributed by atoms with Gasteiger partial charge < -0.3 is 18.6 Å². The van der Waals surface area contributed by atoms with Crippen molar-refractivity contribution in [2.75, 3.05) is 4.90 Å². The van der Waals surface area contributed by atoms with Crippen molar-refractivity contribution in [1.29, 1.82) is 0 Å². The molecular weight excluding hydrogens is 1550 g/mol. The van der Waals surface area contributed by atoms with Crippen LogP contribution in [0, 0.1) is 0 Å². The first-order valence-corrected chi connectivity index (χ1v) is 44.7. The maximum absolute atomic E-state index is 2.63. The summed E-state index contributed by atoms with van der Waals surface area (Å²) in [5.41, 5.74) is 38.2. The van der Waals surface area contributed by atoms with Gasteiger partial charge in [-0.3, -0.25) is 0 Å². The quantitative estimate of drug-likeness (QED) is 0.141. The van der Waals surface area contributed by atoms with Crippen molar-refractivity contribution >= 4 is 163 Å². The monoisotopic (exact) mass is 1620 g/mol. The number of anilines is 2. The number of aromatic nitrogens is 3.